The monoisotopic (exact) mass is 333 g/mol. The maximum absolute atomic E-state index is 2.65. The second-order valence-electron chi connectivity index (χ2n) is 8.29. The molecule has 3 heteroatoms. The van der Waals surface area contributed by atoms with E-state index in [1.165, 1.54) is 57.7 Å². The third-order valence-electron chi connectivity index (χ3n) is 5.61. The van der Waals surface area contributed by atoms with Crippen LogP contribution in [0.2, 0.25) is 0 Å². The molecule has 2 rings (SSSR count). The van der Waals surface area contributed by atoms with E-state index < -0.39 is 0 Å². The number of hydrogen-bond donors (Lipinski definition) is 0. The van der Waals surface area contributed by atoms with Gasteiger partial charge in [-0.25, -0.2) is 0 Å². The third-order valence-corrected chi connectivity index (χ3v) is 5.61. The molecule has 1 aliphatic carbocycles. The van der Waals surface area contributed by atoms with Gasteiger partial charge in [-0.1, -0.05) is 40.2 Å². The second-order valence-corrected chi connectivity index (χ2v) is 8.29. The summed E-state index contributed by atoms with van der Waals surface area (Å²) < 4.78 is 0. The van der Waals surface area contributed by atoms with E-state index in [1.54, 1.807) is 5.57 Å². The highest BCUT2D eigenvalue weighted by molar-refractivity contribution is 5.34. The lowest BCUT2D eigenvalue weighted by atomic mass is 9.81. The van der Waals surface area contributed by atoms with Crippen molar-refractivity contribution in [3.8, 4) is 0 Å². The zero-order valence-corrected chi connectivity index (χ0v) is 16.9. The van der Waals surface area contributed by atoms with Gasteiger partial charge in [-0.3, -0.25) is 4.90 Å². The van der Waals surface area contributed by atoms with E-state index in [-0.39, 0.29) is 0 Å². The van der Waals surface area contributed by atoms with Crippen molar-refractivity contribution in [2.45, 2.75) is 53.0 Å². The first-order valence-corrected chi connectivity index (χ1v) is 9.99. The molecule has 2 atom stereocenters. The largest absolute Gasteiger partial charge is 0.369 e. The van der Waals surface area contributed by atoms with Crippen LogP contribution in [-0.2, 0) is 0 Å². The van der Waals surface area contributed by atoms with Gasteiger partial charge in [-0.15, -0.1) is 0 Å². The molecule has 0 spiro atoms. The summed E-state index contributed by atoms with van der Waals surface area (Å²) >= 11 is 0. The van der Waals surface area contributed by atoms with E-state index in [0.29, 0.717) is 12.0 Å². The number of piperazine rings is 1. The minimum Gasteiger partial charge on any atom is -0.369 e. The Kier molecular flexibility index (Phi) is 7.36. The number of nitrogens with zero attached hydrogens (tertiary/aromatic N) is 3. The maximum Gasteiger partial charge on any atom is 0.0359 e. The summed E-state index contributed by atoms with van der Waals surface area (Å²) in [5, 5.41) is 0. The fraction of sp³-hybridized carbons (Fsp3) is 0.810. The lowest BCUT2D eigenvalue weighted by Gasteiger charge is -2.41. The van der Waals surface area contributed by atoms with Crippen LogP contribution in [0.3, 0.4) is 0 Å². The smallest absolute Gasteiger partial charge is 0.0359 e. The number of unbranched alkanes of at least 4 members (excludes halogenated alkanes) is 1. The maximum atomic E-state index is 2.65. The average Bonchev–Trinajstić information content (AvgIpc) is 2.54. The van der Waals surface area contributed by atoms with Crippen molar-refractivity contribution >= 4 is 0 Å². The van der Waals surface area contributed by atoms with Crippen LogP contribution >= 0.6 is 0 Å². The van der Waals surface area contributed by atoms with Crippen molar-refractivity contribution in [1.82, 2.24) is 14.7 Å². The molecule has 1 heterocycles. The van der Waals surface area contributed by atoms with Gasteiger partial charge in [0, 0.05) is 37.9 Å². The highest BCUT2D eigenvalue weighted by atomic mass is 15.3. The molecule has 0 aromatic heterocycles. The van der Waals surface area contributed by atoms with E-state index in [9.17, 15) is 0 Å². The first-order valence-electron chi connectivity index (χ1n) is 9.99. The zero-order chi connectivity index (χ0) is 17.7. The van der Waals surface area contributed by atoms with Crippen molar-refractivity contribution in [2.24, 2.45) is 11.8 Å². The van der Waals surface area contributed by atoms with Gasteiger partial charge >= 0.3 is 0 Å². The van der Waals surface area contributed by atoms with Crippen LogP contribution in [0.1, 0.15) is 47.0 Å². The standard InChI is InChI=1S/C21H39N3/c1-7-8-11-23-12-14-24(15-13-23)21-10-9-20(22(5)6)18(4)19(21)16-17(2)3/h9-10,17-18,20H,7-8,11-16H2,1-6H3. The Hall–Kier alpha value is -0.800. The van der Waals surface area contributed by atoms with Gasteiger partial charge in [-0.05, 0) is 57.0 Å². The molecule has 3 nitrogen and oxygen atoms in total. The second kappa shape index (κ2) is 9.05. The zero-order valence-electron chi connectivity index (χ0n) is 16.9. The highest BCUT2D eigenvalue weighted by Crippen LogP contribution is 2.34. The Bertz CT molecular complexity index is 442. The summed E-state index contributed by atoms with van der Waals surface area (Å²) in [4.78, 5) is 7.65. The van der Waals surface area contributed by atoms with Gasteiger partial charge in [0.05, 0.1) is 0 Å². The molecule has 1 aliphatic heterocycles. The Morgan fingerprint density at radius 2 is 1.83 bits per heavy atom. The summed E-state index contributed by atoms with van der Waals surface area (Å²) in [6.45, 7) is 15.5. The van der Waals surface area contributed by atoms with Crippen LogP contribution in [-0.4, -0.2) is 67.6 Å². The van der Waals surface area contributed by atoms with E-state index in [2.05, 4.69) is 68.6 Å². The molecule has 24 heavy (non-hydrogen) atoms. The van der Waals surface area contributed by atoms with Gasteiger partial charge in [0.2, 0.25) is 0 Å². The van der Waals surface area contributed by atoms with Crippen LogP contribution < -0.4 is 0 Å². The van der Waals surface area contributed by atoms with Crippen molar-refractivity contribution in [3.05, 3.63) is 23.4 Å². The van der Waals surface area contributed by atoms with Crippen molar-refractivity contribution in [1.29, 1.82) is 0 Å². The summed E-state index contributed by atoms with van der Waals surface area (Å²) in [7, 11) is 4.41. The van der Waals surface area contributed by atoms with Gasteiger partial charge in [0.25, 0.3) is 0 Å². The molecule has 0 amide bonds. The minimum absolute atomic E-state index is 0.536. The Morgan fingerprint density at radius 1 is 1.17 bits per heavy atom. The van der Waals surface area contributed by atoms with Crippen molar-refractivity contribution in [2.75, 3.05) is 46.8 Å². The lowest BCUT2D eigenvalue weighted by molar-refractivity contribution is 0.156. The number of likely N-dealkylation sites (N-methyl/N-ethyl adjacent to an activating group) is 1. The van der Waals surface area contributed by atoms with E-state index in [0.717, 1.165) is 5.92 Å². The van der Waals surface area contributed by atoms with Crippen LogP contribution in [0.25, 0.3) is 0 Å². The molecular weight excluding hydrogens is 294 g/mol. The fourth-order valence-corrected chi connectivity index (χ4v) is 4.16. The van der Waals surface area contributed by atoms with Gasteiger partial charge in [0.15, 0.2) is 0 Å². The van der Waals surface area contributed by atoms with Crippen LogP contribution in [0.5, 0.6) is 0 Å². The predicted molar refractivity (Wildman–Crippen MR) is 105 cm³/mol. The molecule has 138 valence electrons. The van der Waals surface area contributed by atoms with Gasteiger partial charge in [-0.2, -0.15) is 0 Å². The molecule has 1 fully saturated rings. The molecule has 0 saturated carbocycles. The van der Waals surface area contributed by atoms with Gasteiger partial charge < -0.3 is 9.80 Å². The molecule has 0 bridgehead atoms. The van der Waals surface area contributed by atoms with Gasteiger partial charge in [0.1, 0.15) is 0 Å². The SMILES string of the molecule is CCCCN1CCN(C2=C(CC(C)C)C(C)C(N(C)C)C=C2)CC1. The third kappa shape index (κ3) is 4.86. The molecular formula is C21H39N3. The molecule has 0 aromatic carbocycles. The molecule has 0 aromatic rings. The Morgan fingerprint density at radius 3 is 2.38 bits per heavy atom. The topological polar surface area (TPSA) is 9.72 Å². The average molecular weight is 334 g/mol. The summed E-state index contributed by atoms with van der Waals surface area (Å²) in [6, 6.07) is 0.536. The Balaban J connectivity index is 2.10. The van der Waals surface area contributed by atoms with Crippen molar-refractivity contribution in [3.63, 3.8) is 0 Å². The van der Waals surface area contributed by atoms with Crippen LogP contribution in [0, 0.1) is 11.8 Å². The number of allylic oxidation sites excluding steroid dienone is 1. The molecule has 0 N–H and O–H groups in total. The molecule has 2 unspecified atom stereocenters. The van der Waals surface area contributed by atoms with E-state index >= 15 is 0 Å². The first-order chi connectivity index (χ1) is 11.4. The quantitative estimate of drug-likeness (QED) is 0.701. The normalized spacial score (nSPS) is 26.1. The summed E-state index contributed by atoms with van der Waals surface area (Å²) in [5.74, 6) is 1.33. The summed E-state index contributed by atoms with van der Waals surface area (Å²) in [5.41, 5.74) is 3.21. The van der Waals surface area contributed by atoms with Crippen LogP contribution in [0.15, 0.2) is 23.4 Å². The fourth-order valence-electron chi connectivity index (χ4n) is 4.16. The minimum atomic E-state index is 0.536. The molecule has 2 aliphatic rings. The number of hydrogen-bond acceptors (Lipinski definition) is 3. The first kappa shape index (κ1) is 19.5. The lowest BCUT2D eigenvalue weighted by Crippen LogP contribution is -2.47. The molecule has 1 saturated heterocycles. The summed E-state index contributed by atoms with van der Waals surface area (Å²) in [6.07, 6.45) is 8.71. The highest BCUT2D eigenvalue weighted by Gasteiger charge is 2.29. The number of rotatable bonds is 7. The molecule has 0 radical (unpaired) electrons. The van der Waals surface area contributed by atoms with E-state index in [4.69, 9.17) is 0 Å². The Labute approximate surface area is 150 Å². The van der Waals surface area contributed by atoms with Crippen LogP contribution in [0.4, 0.5) is 0 Å². The van der Waals surface area contributed by atoms with E-state index in [1.807, 2.05) is 0 Å². The van der Waals surface area contributed by atoms with Crippen molar-refractivity contribution < 1.29 is 0 Å². The predicted octanol–water partition coefficient (Wildman–Crippen LogP) is 3.84.